The van der Waals surface area contributed by atoms with E-state index in [0.29, 0.717) is 54.9 Å². The molecule has 0 bridgehead atoms. The van der Waals surface area contributed by atoms with Gasteiger partial charge in [0, 0.05) is 57.6 Å². The van der Waals surface area contributed by atoms with E-state index in [1.807, 2.05) is 16.8 Å². The summed E-state index contributed by atoms with van der Waals surface area (Å²) < 4.78 is 61.3. The van der Waals surface area contributed by atoms with Crippen LogP contribution in [0.4, 0.5) is 40.4 Å². The molecule has 0 radical (unpaired) electrons. The summed E-state index contributed by atoms with van der Waals surface area (Å²) in [5.74, 6) is -0.0443. The molecule has 9 nitrogen and oxygen atoms in total. The number of pyridine rings is 2. The molecule has 0 spiro atoms. The minimum Gasteiger partial charge on any atom is -0.378 e. The molecular weight excluding hydrogens is 540 g/mol. The van der Waals surface area contributed by atoms with Crippen molar-refractivity contribution < 1.29 is 22.3 Å². The first-order valence-corrected chi connectivity index (χ1v) is 13.4. The lowest BCUT2D eigenvalue weighted by Gasteiger charge is -2.33. The molecule has 0 unspecified atom stereocenters. The van der Waals surface area contributed by atoms with Crippen molar-refractivity contribution in [3.05, 3.63) is 71.4 Å². The number of alkyl halides is 3. The van der Waals surface area contributed by atoms with Gasteiger partial charge in [-0.25, -0.2) is 9.37 Å². The predicted molar refractivity (Wildman–Crippen MR) is 150 cm³/mol. The van der Waals surface area contributed by atoms with E-state index in [4.69, 9.17) is 4.74 Å². The Bertz CT molecular complexity index is 1340. The van der Waals surface area contributed by atoms with Crippen LogP contribution in [0.5, 0.6) is 0 Å². The monoisotopic (exact) mass is 572 g/mol. The molecule has 0 atom stereocenters. The van der Waals surface area contributed by atoms with Crippen LogP contribution in [0.15, 0.2) is 53.9 Å². The molecule has 5 rings (SSSR count). The van der Waals surface area contributed by atoms with Crippen molar-refractivity contribution in [3.63, 3.8) is 0 Å². The number of nitrogens with one attached hydrogen (secondary N) is 2. The second-order valence-corrected chi connectivity index (χ2v) is 10.0. The van der Waals surface area contributed by atoms with Crippen LogP contribution in [-0.2, 0) is 17.5 Å². The first-order valence-electron chi connectivity index (χ1n) is 13.4. The molecule has 0 aliphatic carbocycles. The van der Waals surface area contributed by atoms with E-state index >= 15 is 0 Å². The maximum atomic E-state index is 14.3. The summed E-state index contributed by atoms with van der Waals surface area (Å²) >= 11 is 0. The molecule has 2 saturated heterocycles. The number of anilines is 4. The first-order chi connectivity index (χ1) is 19.7. The number of likely N-dealkylation sites (N-methyl/N-ethyl adjacent to an activating group) is 1. The van der Waals surface area contributed by atoms with E-state index in [2.05, 4.69) is 30.7 Å². The Morgan fingerprint density at radius 1 is 0.951 bits per heavy atom. The molecule has 0 amide bonds. The zero-order valence-corrected chi connectivity index (χ0v) is 22.7. The number of aromatic nitrogens is 2. The summed E-state index contributed by atoms with van der Waals surface area (Å²) in [6.45, 7) is 5.65. The van der Waals surface area contributed by atoms with Gasteiger partial charge >= 0.3 is 6.18 Å². The largest absolute Gasteiger partial charge is 0.416 e. The zero-order chi connectivity index (χ0) is 28.8. The number of piperazine rings is 1. The minimum absolute atomic E-state index is 0.258. The van der Waals surface area contributed by atoms with Gasteiger partial charge in [0.15, 0.2) is 5.82 Å². The summed E-state index contributed by atoms with van der Waals surface area (Å²) in [4.78, 5) is 14.4. The lowest BCUT2D eigenvalue weighted by Crippen LogP contribution is -2.44. The molecule has 2 aromatic heterocycles. The summed E-state index contributed by atoms with van der Waals surface area (Å²) in [5, 5.41) is 7.13. The zero-order valence-electron chi connectivity index (χ0n) is 22.7. The molecule has 1 aromatic carbocycles. The number of rotatable bonds is 8. The lowest BCUT2D eigenvalue weighted by atomic mass is 10.0. The van der Waals surface area contributed by atoms with Gasteiger partial charge in [-0.05, 0) is 36.9 Å². The van der Waals surface area contributed by atoms with Gasteiger partial charge in [0.1, 0.15) is 5.82 Å². The molecule has 0 saturated carbocycles. The Kier molecular flexibility index (Phi) is 8.96. The maximum absolute atomic E-state index is 14.3. The molecule has 2 aliphatic rings. The molecular formula is C28H32F4N8O. The molecule has 2 aliphatic heterocycles. The Morgan fingerprint density at radius 2 is 1.71 bits per heavy atom. The fraction of sp³-hybridized carbons (Fsp3) is 0.393. The normalized spacial score (nSPS) is 17.2. The quantitative estimate of drug-likeness (QED) is 0.234. The third kappa shape index (κ3) is 7.69. The van der Waals surface area contributed by atoms with Crippen molar-refractivity contribution >= 4 is 29.1 Å². The Morgan fingerprint density at radius 3 is 2.41 bits per heavy atom. The van der Waals surface area contributed by atoms with Crippen molar-refractivity contribution in [3.8, 4) is 0 Å². The van der Waals surface area contributed by atoms with E-state index in [9.17, 15) is 17.6 Å². The molecule has 218 valence electrons. The number of hydrazone groups is 1. The number of nitrogens with zero attached hydrogens (tertiary/aromatic N) is 6. The third-order valence-electron chi connectivity index (χ3n) is 7.04. The number of halogens is 4. The summed E-state index contributed by atoms with van der Waals surface area (Å²) in [7, 11) is 2.01. The highest BCUT2D eigenvalue weighted by Crippen LogP contribution is 2.35. The van der Waals surface area contributed by atoms with Crippen LogP contribution in [-0.4, -0.2) is 85.5 Å². The topological polar surface area (TPSA) is 81.2 Å². The Labute approximate surface area is 235 Å². The van der Waals surface area contributed by atoms with Crippen molar-refractivity contribution in [2.75, 3.05) is 75.2 Å². The highest BCUT2D eigenvalue weighted by Gasteiger charge is 2.34. The summed E-state index contributed by atoms with van der Waals surface area (Å²) in [6.07, 6.45) is -0.338. The number of benzene rings is 1. The Balaban J connectivity index is 1.20. The molecule has 3 aromatic rings. The van der Waals surface area contributed by atoms with Crippen LogP contribution >= 0.6 is 0 Å². The number of hydrogen-bond acceptors (Lipinski definition) is 9. The highest BCUT2D eigenvalue weighted by molar-refractivity contribution is 5.78. The lowest BCUT2D eigenvalue weighted by molar-refractivity contribution is -0.138. The maximum Gasteiger partial charge on any atom is 0.416 e. The van der Waals surface area contributed by atoms with E-state index in [-0.39, 0.29) is 12.1 Å². The van der Waals surface area contributed by atoms with E-state index in [1.54, 1.807) is 24.3 Å². The average Bonchev–Trinajstić information content (AvgIpc) is 2.97. The first kappa shape index (κ1) is 28.7. The average molecular weight is 573 g/mol. The number of hydrogen-bond donors (Lipinski definition) is 2. The second kappa shape index (κ2) is 12.8. The van der Waals surface area contributed by atoms with Crippen LogP contribution in [0.2, 0.25) is 0 Å². The van der Waals surface area contributed by atoms with E-state index in [0.717, 1.165) is 38.4 Å². The number of morpholine rings is 1. The van der Waals surface area contributed by atoms with Crippen LogP contribution in [0.25, 0.3) is 0 Å². The van der Waals surface area contributed by atoms with Crippen LogP contribution < -0.4 is 15.6 Å². The van der Waals surface area contributed by atoms with Crippen molar-refractivity contribution in [1.29, 1.82) is 0 Å². The molecule has 2 fully saturated rings. The van der Waals surface area contributed by atoms with Crippen LogP contribution in [0, 0.1) is 5.82 Å². The van der Waals surface area contributed by atoms with Crippen LogP contribution in [0.1, 0.15) is 16.8 Å². The van der Waals surface area contributed by atoms with Gasteiger partial charge in [0.2, 0.25) is 0 Å². The molecule has 13 heteroatoms. The van der Waals surface area contributed by atoms with Crippen LogP contribution in [0.3, 0.4) is 0 Å². The fourth-order valence-corrected chi connectivity index (χ4v) is 4.73. The molecule has 2 N–H and O–H groups in total. The SMILES string of the molecule is CN1CCN(Cc2ccc(Nc3ccc(/C=N/Nc4cc(N5CCOCC5)c(F)cn4)nc3)cc2C(F)(F)F)CC1. The van der Waals surface area contributed by atoms with Gasteiger partial charge in [-0.15, -0.1) is 0 Å². The van der Waals surface area contributed by atoms with Crippen molar-refractivity contribution in [1.82, 2.24) is 19.8 Å². The standard InChI is InChI=1S/C28H32F4N8O/c1-38-6-8-39(9-7-38)19-20-2-3-21(14-24(20)28(30,31)32)36-23-5-4-22(33-16-23)17-35-37-27-15-26(25(29)18-34-27)40-10-12-41-13-11-40/h2-5,14-18,36H,6-13,19H2,1H3,(H,34,37)/b35-17+. The third-order valence-corrected chi connectivity index (χ3v) is 7.04. The van der Waals surface area contributed by atoms with Gasteiger partial charge in [-0.2, -0.15) is 18.3 Å². The minimum atomic E-state index is -4.46. The summed E-state index contributed by atoms with van der Waals surface area (Å²) in [6, 6.07) is 9.30. The van der Waals surface area contributed by atoms with Gasteiger partial charge in [-0.1, -0.05) is 6.07 Å². The van der Waals surface area contributed by atoms with E-state index < -0.39 is 17.6 Å². The van der Waals surface area contributed by atoms with Gasteiger partial charge in [0.25, 0.3) is 0 Å². The molecule has 41 heavy (non-hydrogen) atoms. The van der Waals surface area contributed by atoms with Crippen molar-refractivity contribution in [2.45, 2.75) is 12.7 Å². The fourth-order valence-electron chi connectivity index (χ4n) is 4.73. The van der Waals surface area contributed by atoms with Gasteiger partial charge < -0.3 is 19.9 Å². The second-order valence-electron chi connectivity index (χ2n) is 10.0. The predicted octanol–water partition coefficient (Wildman–Crippen LogP) is 4.41. The van der Waals surface area contributed by atoms with E-state index in [1.165, 1.54) is 18.5 Å². The van der Waals surface area contributed by atoms with Gasteiger partial charge in [0.05, 0.1) is 54.5 Å². The Hall–Kier alpha value is -3.81. The van der Waals surface area contributed by atoms with Gasteiger partial charge in [-0.3, -0.25) is 15.3 Å². The molecule has 4 heterocycles. The van der Waals surface area contributed by atoms with Crippen molar-refractivity contribution in [2.24, 2.45) is 5.10 Å². The highest BCUT2D eigenvalue weighted by atomic mass is 19.4. The summed E-state index contributed by atoms with van der Waals surface area (Å²) in [5.41, 5.74) is 4.19. The smallest absolute Gasteiger partial charge is 0.378 e. The number of ether oxygens (including phenoxy) is 1.